The molecule has 6 nitrogen and oxygen atoms in total. The third-order valence-corrected chi connectivity index (χ3v) is 5.45. The second-order valence-corrected chi connectivity index (χ2v) is 7.81. The molecule has 1 amide bonds. The Hall–Kier alpha value is -2.88. The van der Waals surface area contributed by atoms with E-state index in [0.29, 0.717) is 0 Å². The van der Waals surface area contributed by atoms with Crippen molar-refractivity contribution in [2.24, 2.45) is 0 Å². The Morgan fingerprint density at radius 2 is 1.64 bits per heavy atom. The van der Waals surface area contributed by atoms with Crippen LogP contribution in [0.15, 0.2) is 53.4 Å². The van der Waals surface area contributed by atoms with E-state index in [-0.39, 0.29) is 16.2 Å². The first-order chi connectivity index (χ1) is 13.1. The fourth-order valence-corrected chi connectivity index (χ4v) is 3.38. The predicted octanol–water partition coefficient (Wildman–Crippen LogP) is 3.29. The number of para-hydroxylation sites is 1. The maximum atomic E-state index is 12.9. The molecule has 0 aromatic heterocycles. The molecule has 0 unspecified atom stereocenters. The van der Waals surface area contributed by atoms with Gasteiger partial charge in [-0.2, -0.15) is 13.2 Å². The average molecular weight is 415 g/mol. The van der Waals surface area contributed by atoms with Gasteiger partial charge in [-0.25, -0.2) is 13.2 Å². The Kier molecular flexibility index (Phi) is 6.45. The van der Waals surface area contributed by atoms with Crippen LogP contribution in [0.4, 0.5) is 18.9 Å². The molecule has 2 rings (SSSR count). The minimum atomic E-state index is -4.67. The van der Waals surface area contributed by atoms with Gasteiger partial charge in [0.15, 0.2) is 16.4 Å². The van der Waals surface area contributed by atoms with Crippen LogP contribution in [0.3, 0.4) is 0 Å². The summed E-state index contributed by atoms with van der Waals surface area (Å²) in [7, 11) is -3.71. The standard InChI is InChI=1S/C18H16F3NO5S/c1-2-28(25,26)15-10-6-3-7-12(15)17(24)27-11-16(23)22-14-9-5-4-8-13(14)18(19,20)21/h3-10H,2,11H2,1H3,(H,22,23). The van der Waals surface area contributed by atoms with Crippen LogP contribution < -0.4 is 5.32 Å². The third kappa shape index (κ3) is 5.10. The molecule has 0 spiro atoms. The van der Waals surface area contributed by atoms with Crippen molar-refractivity contribution in [1.29, 1.82) is 0 Å². The number of esters is 1. The highest BCUT2D eigenvalue weighted by Gasteiger charge is 2.33. The molecule has 0 aliphatic carbocycles. The van der Waals surface area contributed by atoms with Crippen molar-refractivity contribution in [3.8, 4) is 0 Å². The smallest absolute Gasteiger partial charge is 0.418 e. The van der Waals surface area contributed by atoms with Gasteiger partial charge < -0.3 is 10.1 Å². The van der Waals surface area contributed by atoms with Crippen molar-refractivity contribution < 1.29 is 35.9 Å². The van der Waals surface area contributed by atoms with Crippen molar-refractivity contribution in [2.75, 3.05) is 17.7 Å². The molecule has 28 heavy (non-hydrogen) atoms. The molecule has 0 radical (unpaired) electrons. The molecular weight excluding hydrogens is 399 g/mol. The Morgan fingerprint density at radius 3 is 2.29 bits per heavy atom. The fourth-order valence-electron chi connectivity index (χ4n) is 2.30. The zero-order chi connectivity index (χ0) is 20.9. The fraction of sp³-hybridized carbons (Fsp3) is 0.222. The number of benzene rings is 2. The largest absolute Gasteiger partial charge is 0.452 e. The number of carbonyl (C=O) groups excluding carboxylic acids is 2. The van der Waals surface area contributed by atoms with Gasteiger partial charge in [0.25, 0.3) is 5.91 Å². The number of ether oxygens (including phenoxy) is 1. The summed E-state index contributed by atoms with van der Waals surface area (Å²) < 4.78 is 67.6. The molecule has 150 valence electrons. The third-order valence-electron chi connectivity index (χ3n) is 3.66. The van der Waals surface area contributed by atoms with Gasteiger partial charge in [-0.05, 0) is 24.3 Å². The van der Waals surface area contributed by atoms with E-state index in [9.17, 15) is 31.2 Å². The highest BCUT2D eigenvalue weighted by molar-refractivity contribution is 7.91. The van der Waals surface area contributed by atoms with Crippen LogP contribution in [-0.2, 0) is 25.5 Å². The number of anilines is 1. The van der Waals surface area contributed by atoms with Crippen LogP contribution >= 0.6 is 0 Å². The van der Waals surface area contributed by atoms with Gasteiger partial charge in [0.05, 0.1) is 27.5 Å². The lowest BCUT2D eigenvalue weighted by atomic mass is 10.1. The van der Waals surface area contributed by atoms with E-state index in [1.54, 1.807) is 0 Å². The molecule has 0 atom stereocenters. The number of hydrogen-bond acceptors (Lipinski definition) is 5. The van der Waals surface area contributed by atoms with Crippen LogP contribution in [0.2, 0.25) is 0 Å². The number of carbonyl (C=O) groups is 2. The van der Waals surface area contributed by atoms with Crippen LogP contribution in [0.5, 0.6) is 0 Å². The summed E-state index contributed by atoms with van der Waals surface area (Å²) in [5, 5.41) is 2.03. The highest BCUT2D eigenvalue weighted by atomic mass is 32.2. The topological polar surface area (TPSA) is 89.5 Å². The van der Waals surface area contributed by atoms with Gasteiger partial charge in [-0.3, -0.25) is 4.79 Å². The number of nitrogens with one attached hydrogen (secondary N) is 1. The first-order valence-electron chi connectivity index (χ1n) is 8.01. The van der Waals surface area contributed by atoms with E-state index in [2.05, 4.69) is 0 Å². The summed E-state index contributed by atoms with van der Waals surface area (Å²) in [6.07, 6.45) is -4.67. The summed E-state index contributed by atoms with van der Waals surface area (Å²) in [5.74, 6) is -2.32. The summed E-state index contributed by atoms with van der Waals surface area (Å²) in [5.41, 5.74) is -1.79. The zero-order valence-corrected chi connectivity index (χ0v) is 15.4. The first-order valence-corrected chi connectivity index (χ1v) is 9.66. The number of alkyl halides is 3. The Labute approximate surface area is 159 Å². The number of sulfone groups is 1. The van der Waals surface area contributed by atoms with Crippen molar-refractivity contribution in [1.82, 2.24) is 0 Å². The SMILES string of the molecule is CCS(=O)(=O)c1ccccc1C(=O)OCC(=O)Nc1ccccc1C(F)(F)F. The van der Waals surface area contributed by atoms with Gasteiger partial charge >= 0.3 is 12.1 Å². The lowest BCUT2D eigenvalue weighted by Gasteiger charge is -2.14. The molecule has 0 fully saturated rings. The number of hydrogen-bond donors (Lipinski definition) is 1. The van der Waals surface area contributed by atoms with Crippen molar-refractivity contribution in [3.05, 3.63) is 59.7 Å². The van der Waals surface area contributed by atoms with Crippen LogP contribution in [0.1, 0.15) is 22.8 Å². The highest BCUT2D eigenvalue weighted by Crippen LogP contribution is 2.34. The van der Waals surface area contributed by atoms with E-state index < -0.39 is 45.7 Å². The maximum absolute atomic E-state index is 12.9. The van der Waals surface area contributed by atoms with Gasteiger partial charge in [-0.1, -0.05) is 31.2 Å². The minimum Gasteiger partial charge on any atom is -0.452 e. The van der Waals surface area contributed by atoms with E-state index in [4.69, 9.17) is 4.74 Å². The second-order valence-electron chi connectivity index (χ2n) is 5.57. The predicted molar refractivity (Wildman–Crippen MR) is 94.5 cm³/mol. The Bertz CT molecular complexity index is 987. The van der Waals surface area contributed by atoms with Gasteiger partial charge in [0.1, 0.15) is 0 Å². The molecular formula is C18H16F3NO5S. The number of rotatable bonds is 6. The van der Waals surface area contributed by atoms with Crippen LogP contribution in [-0.4, -0.2) is 32.7 Å². The summed E-state index contributed by atoms with van der Waals surface area (Å²) >= 11 is 0. The molecule has 0 aliphatic rings. The quantitative estimate of drug-likeness (QED) is 0.732. The monoisotopic (exact) mass is 415 g/mol. The lowest BCUT2D eigenvalue weighted by Crippen LogP contribution is -2.23. The molecule has 0 bridgehead atoms. The summed E-state index contributed by atoms with van der Waals surface area (Å²) in [6, 6.07) is 9.65. The molecule has 0 saturated heterocycles. The van der Waals surface area contributed by atoms with E-state index in [1.807, 2.05) is 5.32 Å². The minimum absolute atomic E-state index is 0.244. The normalized spacial score (nSPS) is 11.7. The van der Waals surface area contributed by atoms with E-state index >= 15 is 0 Å². The van der Waals surface area contributed by atoms with Crippen molar-refractivity contribution in [2.45, 2.75) is 18.0 Å². The molecule has 2 aromatic carbocycles. The molecule has 0 aliphatic heterocycles. The van der Waals surface area contributed by atoms with E-state index in [0.717, 1.165) is 12.1 Å². The molecule has 2 aromatic rings. The lowest BCUT2D eigenvalue weighted by molar-refractivity contribution is -0.137. The van der Waals surface area contributed by atoms with Crippen molar-refractivity contribution in [3.63, 3.8) is 0 Å². The molecule has 0 saturated carbocycles. The second kappa shape index (κ2) is 8.42. The average Bonchev–Trinajstić information content (AvgIpc) is 2.65. The maximum Gasteiger partial charge on any atom is 0.418 e. The zero-order valence-electron chi connectivity index (χ0n) is 14.6. The summed E-state index contributed by atoms with van der Waals surface area (Å²) in [6.45, 7) is 0.522. The molecule has 1 N–H and O–H groups in total. The Balaban J connectivity index is 2.11. The van der Waals surface area contributed by atoms with Gasteiger partial charge in [0, 0.05) is 0 Å². The van der Waals surface area contributed by atoms with Crippen LogP contribution in [0.25, 0.3) is 0 Å². The molecule has 0 heterocycles. The van der Waals surface area contributed by atoms with Gasteiger partial charge in [0.2, 0.25) is 0 Å². The Morgan fingerprint density at radius 1 is 1.04 bits per heavy atom. The number of amides is 1. The first kappa shape index (κ1) is 21.4. The molecule has 10 heteroatoms. The number of halogens is 3. The van der Waals surface area contributed by atoms with E-state index in [1.165, 1.54) is 43.3 Å². The summed E-state index contributed by atoms with van der Waals surface area (Å²) in [4.78, 5) is 23.8. The van der Waals surface area contributed by atoms with Gasteiger partial charge in [-0.15, -0.1) is 0 Å². The van der Waals surface area contributed by atoms with Crippen LogP contribution in [0, 0.1) is 0 Å². The van der Waals surface area contributed by atoms with Crippen molar-refractivity contribution >= 4 is 27.4 Å².